The minimum Gasteiger partial charge on any atom is -0.368 e. The topological polar surface area (TPSA) is 75.6 Å². The predicted molar refractivity (Wildman–Crippen MR) is 62.5 cm³/mol. The molecule has 0 rings (SSSR count). The first kappa shape index (κ1) is 14.3. The molecule has 1 unspecified atom stereocenters. The van der Waals surface area contributed by atoms with Crippen LogP contribution in [0.4, 0.5) is 0 Å². The molecule has 0 aliphatic carbocycles. The summed E-state index contributed by atoms with van der Waals surface area (Å²) in [5.74, 6) is -0.430. The lowest BCUT2D eigenvalue weighted by atomic mass is 10.2. The summed E-state index contributed by atoms with van der Waals surface area (Å²) in [5.41, 5.74) is 10.8. The van der Waals surface area contributed by atoms with Gasteiger partial charge in [0.1, 0.15) is 0 Å². The van der Waals surface area contributed by atoms with E-state index < -0.39 is 11.9 Å². The number of nitrogens with zero attached hydrogens (tertiary/aromatic N) is 2. The number of likely N-dealkylation sites (N-methyl/N-ethyl adjacent to an activating group) is 1. The van der Waals surface area contributed by atoms with Crippen LogP contribution in [-0.2, 0) is 4.79 Å². The van der Waals surface area contributed by atoms with E-state index in [-0.39, 0.29) is 0 Å². The van der Waals surface area contributed by atoms with Gasteiger partial charge < -0.3 is 21.3 Å². The Labute approximate surface area is 92.4 Å². The Bertz CT molecular complexity index is 184. The van der Waals surface area contributed by atoms with Gasteiger partial charge in [0, 0.05) is 19.6 Å². The molecule has 0 spiro atoms. The van der Waals surface area contributed by atoms with Crippen LogP contribution in [0.1, 0.15) is 13.3 Å². The largest absolute Gasteiger partial charge is 0.368 e. The Morgan fingerprint density at radius 3 is 2.27 bits per heavy atom. The van der Waals surface area contributed by atoms with E-state index in [9.17, 15) is 4.79 Å². The zero-order chi connectivity index (χ0) is 11.8. The van der Waals surface area contributed by atoms with Gasteiger partial charge in [-0.3, -0.25) is 4.79 Å². The van der Waals surface area contributed by atoms with Crippen LogP contribution >= 0.6 is 0 Å². The highest BCUT2D eigenvalue weighted by Crippen LogP contribution is 1.94. The van der Waals surface area contributed by atoms with E-state index >= 15 is 0 Å². The first-order valence-corrected chi connectivity index (χ1v) is 5.39. The Balaban J connectivity index is 3.97. The molecule has 0 aromatic heterocycles. The van der Waals surface area contributed by atoms with Crippen molar-refractivity contribution in [3.8, 4) is 0 Å². The molecule has 0 heterocycles. The van der Waals surface area contributed by atoms with Gasteiger partial charge in [0.25, 0.3) is 0 Å². The maximum Gasteiger partial charge on any atom is 0.235 e. The molecule has 4 N–H and O–H groups in total. The van der Waals surface area contributed by atoms with Crippen LogP contribution in [0.5, 0.6) is 0 Å². The summed E-state index contributed by atoms with van der Waals surface area (Å²) < 4.78 is 0. The quantitative estimate of drug-likeness (QED) is 0.550. The fourth-order valence-electron chi connectivity index (χ4n) is 1.32. The Kier molecular flexibility index (Phi) is 7.29. The zero-order valence-electron chi connectivity index (χ0n) is 10.1. The van der Waals surface area contributed by atoms with Crippen molar-refractivity contribution in [3.63, 3.8) is 0 Å². The van der Waals surface area contributed by atoms with Gasteiger partial charge in [0.15, 0.2) is 0 Å². The van der Waals surface area contributed by atoms with Crippen molar-refractivity contribution in [2.45, 2.75) is 19.4 Å². The summed E-state index contributed by atoms with van der Waals surface area (Å²) in [7, 11) is 4.05. The third kappa shape index (κ3) is 7.30. The Morgan fingerprint density at radius 1 is 1.27 bits per heavy atom. The molecule has 0 fully saturated rings. The maximum absolute atomic E-state index is 10.8. The number of nitrogens with two attached hydrogens (primary N) is 2. The van der Waals surface area contributed by atoms with Crippen LogP contribution in [0.25, 0.3) is 0 Å². The summed E-state index contributed by atoms with van der Waals surface area (Å²) in [6.45, 7) is 5.50. The van der Waals surface area contributed by atoms with Gasteiger partial charge in [-0.2, -0.15) is 0 Å². The molecule has 1 amide bonds. The fraction of sp³-hybridized carbons (Fsp3) is 0.900. The van der Waals surface area contributed by atoms with E-state index in [0.29, 0.717) is 6.54 Å². The first-order chi connectivity index (χ1) is 6.97. The monoisotopic (exact) mass is 216 g/mol. The molecule has 15 heavy (non-hydrogen) atoms. The lowest BCUT2D eigenvalue weighted by molar-refractivity contribution is -0.119. The highest BCUT2D eigenvalue weighted by atomic mass is 16.1. The summed E-state index contributed by atoms with van der Waals surface area (Å²) >= 11 is 0. The first-order valence-electron chi connectivity index (χ1n) is 5.39. The summed E-state index contributed by atoms with van der Waals surface area (Å²) in [5, 5.41) is 0. The van der Waals surface area contributed by atoms with Crippen molar-refractivity contribution in [2.75, 3.05) is 40.3 Å². The third-order valence-electron chi connectivity index (χ3n) is 2.22. The zero-order valence-corrected chi connectivity index (χ0v) is 10.1. The minimum atomic E-state index is -0.557. The van der Waals surface area contributed by atoms with Crippen molar-refractivity contribution in [1.29, 1.82) is 0 Å². The molecule has 5 heteroatoms. The second kappa shape index (κ2) is 7.62. The van der Waals surface area contributed by atoms with E-state index in [1.165, 1.54) is 0 Å². The SMILES string of the molecule is CCCN(CCN(C)C)CC(N)C(N)=O. The average Bonchev–Trinajstić information content (AvgIpc) is 2.14. The number of hydrogen-bond acceptors (Lipinski definition) is 4. The molecule has 0 saturated heterocycles. The highest BCUT2D eigenvalue weighted by Gasteiger charge is 2.14. The number of amides is 1. The van der Waals surface area contributed by atoms with Gasteiger partial charge in [0.05, 0.1) is 6.04 Å². The molecular weight excluding hydrogens is 192 g/mol. The van der Waals surface area contributed by atoms with Crippen molar-refractivity contribution in [2.24, 2.45) is 11.5 Å². The van der Waals surface area contributed by atoms with Gasteiger partial charge in [-0.1, -0.05) is 6.92 Å². The van der Waals surface area contributed by atoms with E-state index in [1.807, 2.05) is 14.1 Å². The smallest absolute Gasteiger partial charge is 0.235 e. The van der Waals surface area contributed by atoms with Gasteiger partial charge in [-0.15, -0.1) is 0 Å². The van der Waals surface area contributed by atoms with Crippen molar-refractivity contribution >= 4 is 5.91 Å². The van der Waals surface area contributed by atoms with Crippen LogP contribution in [0.3, 0.4) is 0 Å². The van der Waals surface area contributed by atoms with E-state index in [1.54, 1.807) is 0 Å². The molecule has 0 aromatic rings. The number of carbonyl (C=O) groups excluding carboxylic acids is 1. The fourth-order valence-corrected chi connectivity index (χ4v) is 1.32. The second-order valence-electron chi connectivity index (χ2n) is 4.11. The number of primary amides is 1. The number of rotatable bonds is 8. The van der Waals surface area contributed by atoms with Gasteiger partial charge in [-0.05, 0) is 27.1 Å². The number of carbonyl (C=O) groups is 1. The van der Waals surface area contributed by atoms with Gasteiger partial charge in [-0.25, -0.2) is 0 Å². The maximum atomic E-state index is 10.8. The molecule has 0 aliphatic rings. The summed E-state index contributed by atoms with van der Waals surface area (Å²) in [6, 6.07) is -0.557. The molecule has 0 aliphatic heterocycles. The molecule has 1 atom stereocenters. The van der Waals surface area contributed by atoms with Gasteiger partial charge in [0.2, 0.25) is 5.91 Å². The van der Waals surface area contributed by atoms with E-state index in [4.69, 9.17) is 11.5 Å². The van der Waals surface area contributed by atoms with Crippen LogP contribution in [0.2, 0.25) is 0 Å². The Morgan fingerprint density at radius 2 is 1.87 bits per heavy atom. The number of hydrogen-bond donors (Lipinski definition) is 2. The molecule has 5 nitrogen and oxygen atoms in total. The van der Waals surface area contributed by atoms with Crippen LogP contribution < -0.4 is 11.5 Å². The average molecular weight is 216 g/mol. The van der Waals surface area contributed by atoms with E-state index in [0.717, 1.165) is 26.1 Å². The van der Waals surface area contributed by atoms with Crippen molar-refractivity contribution in [1.82, 2.24) is 9.80 Å². The van der Waals surface area contributed by atoms with Crippen LogP contribution in [0.15, 0.2) is 0 Å². The molecule has 0 saturated carbocycles. The standard InChI is InChI=1S/C10H24N4O/c1-4-5-14(7-6-13(2)3)8-9(11)10(12)15/h9H,4-8,11H2,1-3H3,(H2,12,15). The predicted octanol–water partition coefficient (Wildman–Crippen LogP) is -0.927. The minimum absolute atomic E-state index is 0.430. The second-order valence-corrected chi connectivity index (χ2v) is 4.11. The normalized spacial score (nSPS) is 13.5. The third-order valence-corrected chi connectivity index (χ3v) is 2.22. The summed E-state index contributed by atoms with van der Waals surface area (Å²) in [4.78, 5) is 15.1. The lowest BCUT2D eigenvalue weighted by Crippen LogP contribution is -2.47. The van der Waals surface area contributed by atoms with Crippen LogP contribution in [0, 0.1) is 0 Å². The highest BCUT2D eigenvalue weighted by molar-refractivity contribution is 5.79. The lowest BCUT2D eigenvalue weighted by Gasteiger charge is -2.25. The van der Waals surface area contributed by atoms with Crippen molar-refractivity contribution < 1.29 is 4.79 Å². The molecular formula is C10H24N4O. The molecule has 0 aromatic carbocycles. The van der Waals surface area contributed by atoms with Crippen molar-refractivity contribution in [3.05, 3.63) is 0 Å². The molecule has 0 bridgehead atoms. The Hall–Kier alpha value is -0.650. The van der Waals surface area contributed by atoms with Gasteiger partial charge >= 0.3 is 0 Å². The van der Waals surface area contributed by atoms with Crippen LogP contribution in [-0.4, -0.2) is 62.0 Å². The summed E-state index contributed by atoms with van der Waals surface area (Å²) in [6.07, 6.45) is 1.05. The van der Waals surface area contributed by atoms with E-state index in [2.05, 4.69) is 16.7 Å². The molecule has 0 radical (unpaired) electrons. The molecule has 90 valence electrons.